The average molecular weight is 359 g/mol. The number of thioether (sulfide) groups is 1. The lowest BCUT2D eigenvalue weighted by molar-refractivity contribution is -0.130. The molecular formula is C19H25N3O2S. The van der Waals surface area contributed by atoms with Gasteiger partial charge in [-0.15, -0.1) is 11.8 Å². The van der Waals surface area contributed by atoms with Crippen molar-refractivity contribution in [3.8, 4) is 11.5 Å². The van der Waals surface area contributed by atoms with E-state index in [2.05, 4.69) is 10.3 Å². The molecule has 2 aromatic rings. The number of carbonyl (C=O) groups excluding carboxylic acids is 1. The number of nitrogens with zero attached hydrogens (tertiary/aromatic N) is 2. The van der Waals surface area contributed by atoms with Crippen molar-refractivity contribution in [1.82, 2.24) is 15.2 Å². The first-order valence-electron chi connectivity index (χ1n) is 8.76. The van der Waals surface area contributed by atoms with E-state index in [0.717, 1.165) is 37.3 Å². The Labute approximate surface area is 153 Å². The fraction of sp³-hybridized carbons (Fsp3) is 0.474. The van der Waals surface area contributed by atoms with Crippen LogP contribution in [-0.2, 0) is 10.5 Å². The summed E-state index contributed by atoms with van der Waals surface area (Å²) < 4.78 is 5.54. The maximum absolute atomic E-state index is 12.4. The van der Waals surface area contributed by atoms with Crippen molar-refractivity contribution < 1.29 is 9.21 Å². The standard InChI is InChI=1S/C19H25N3O2S/c1-20-10-15-6-5-9-22(11-15)18(23)14-25-13-17-12-24-19(21-17)16-7-3-2-4-8-16/h2-4,7-8,12,15,20H,5-6,9-11,13-14H2,1H3. The summed E-state index contributed by atoms with van der Waals surface area (Å²) in [5, 5.41) is 3.22. The molecule has 1 aliphatic rings. The van der Waals surface area contributed by atoms with Gasteiger partial charge in [-0.05, 0) is 44.5 Å². The number of hydrogen-bond donors (Lipinski definition) is 1. The minimum Gasteiger partial charge on any atom is -0.444 e. The van der Waals surface area contributed by atoms with Crippen molar-refractivity contribution in [2.24, 2.45) is 5.92 Å². The number of carbonyl (C=O) groups is 1. The zero-order valence-corrected chi connectivity index (χ0v) is 15.4. The molecule has 6 heteroatoms. The van der Waals surface area contributed by atoms with Crippen LogP contribution in [0.1, 0.15) is 18.5 Å². The van der Waals surface area contributed by atoms with E-state index in [4.69, 9.17) is 4.42 Å². The minimum absolute atomic E-state index is 0.234. The summed E-state index contributed by atoms with van der Waals surface area (Å²) in [7, 11) is 1.97. The Morgan fingerprint density at radius 1 is 1.40 bits per heavy atom. The number of aromatic nitrogens is 1. The summed E-state index contributed by atoms with van der Waals surface area (Å²) in [6, 6.07) is 9.85. The second-order valence-electron chi connectivity index (χ2n) is 6.41. The highest BCUT2D eigenvalue weighted by atomic mass is 32.2. The van der Waals surface area contributed by atoms with Crippen LogP contribution in [0.4, 0.5) is 0 Å². The number of oxazole rings is 1. The van der Waals surface area contributed by atoms with E-state index >= 15 is 0 Å². The van der Waals surface area contributed by atoms with Gasteiger partial charge >= 0.3 is 0 Å². The predicted molar refractivity (Wildman–Crippen MR) is 101 cm³/mol. The van der Waals surface area contributed by atoms with Crippen LogP contribution in [0.5, 0.6) is 0 Å². The Bertz CT molecular complexity index is 672. The molecule has 0 saturated carbocycles. The summed E-state index contributed by atoms with van der Waals surface area (Å²) in [5.41, 5.74) is 1.85. The monoisotopic (exact) mass is 359 g/mol. The van der Waals surface area contributed by atoms with E-state index in [-0.39, 0.29) is 5.91 Å². The lowest BCUT2D eigenvalue weighted by Crippen LogP contribution is -2.43. The van der Waals surface area contributed by atoms with Crippen LogP contribution in [0.25, 0.3) is 11.5 Å². The third-order valence-electron chi connectivity index (χ3n) is 4.41. The molecule has 0 bridgehead atoms. The summed E-state index contributed by atoms with van der Waals surface area (Å²) in [6.45, 7) is 2.75. The van der Waals surface area contributed by atoms with E-state index in [1.807, 2.05) is 42.3 Å². The van der Waals surface area contributed by atoms with Crippen molar-refractivity contribution in [2.75, 3.05) is 32.4 Å². The van der Waals surface area contributed by atoms with E-state index in [9.17, 15) is 4.79 Å². The number of nitrogens with one attached hydrogen (secondary N) is 1. The first-order valence-corrected chi connectivity index (χ1v) is 9.91. The molecule has 1 aromatic carbocycles. The number of likely N-dealkylation sites (tertiary alicyclic amines) is 1. The zero-order chi connectivity index (χ0) is 17.5. The van der Waals surface area contributed by atoms with Crippen molar-refractivity contribution in [2.45, 2.75) is 18.6 Å². The Balaban J connectivity index is 1.45. The second kappa shape index (κ2) is 9.06. The highest BCUT2D eigenvalue weighted by Crippen LogP contribution is 2.21. The third-order valence-corrected chi connectivity index (χ3v) is 5.36. The van der Waals surface area contributed by atoms with Gasteiger partial charge in [0.2, 0.25) is 11.8 Å². The Morgan fingerprint density at radius 3 is 3.04 bits per heavy atom. The molecule has 2 heterocycles. The molecule has 1 aliphatic heterocycles. The molecule has 3 rings (SSSR count). The summed E-state index contributed by atoms with van der Waals surface area (Å²) in [6.07, 6.45) is 4.00. The van der Waals surface area contributed by atoms with Crippen molar-refractivity contribution in [3.05, 3.63) is 42.3 Å². The Kier molecular flexibility index (Phi) is 6.53. The van der Waals surface area contributed by atoms with Crippen LogP contribution in [0.2, 0.25) is 0 Å². The highest BCUT2D eigenvalue weighted by molar-refractivity contribution is 7.99. The number of piperidine rings is 1. The molecule has 0 aliphatic carbocycles. The summed E-state index contributed by atoms with van der Waals surface area (Å²) >= 11 is 1.60. The number of benzene rings is 1. The molecule has 0 radical (unpaired) electrons. The summed E-state index contributed by atoms with van der Waals surface area (Å²) in [4.78, 5) is 18.9. The molecular weight excluding hydrogens is 334 g/mol. The molecule has 1 saturated heterocycles. The normalized spacial score (nSPS) is 17.6. The molecule has 1 N–H and O–H groups in total. The van der Waals surface area contributed by atoms with Crippen LogP contribution in [0, 0.1) is 5.92 Å². The lowest BCUT2D eigenvalue weighted by atomic mass is 9.98. The average Bonchev–Trinajstić information content (AvgIpc) is 3.12. The molecule has 5 nitrogen and oxygen atoms in total. The molecule has 0 spiro atoms. The second-order valence-corrected chi connectivity index (χ2v) is 7.39. The molecule has 1 aromatic heterocycles. The largest absolute Gasteiger partial charge is 0.444 e. The molecule has 1 unspecified atom stereocenters. The van der Waals surface area contributed by atoms with E-state index < -0.39 is 0 Å². The minimum atomic E-state index is 0.234. The third kappa shape index (κ3) is 5.09. The zero-order valence-electron chi connectivity index (χ0n) is 14.6. The fourth-order valence-corrected chi connectivity index (χ4v) is 3.97. The molecule has 25 heavy (non-hydrogen) atoms. The van der Waals surface area contributed by atoms with Crippen LogP contribution >= 0.6 is 11.8 Å². The first-order chi connectivity index (χ1) is 12.3. The van der Waals surface area contributed by atoms with Crippen molar-refractivity contribution in [3.63, 3.8) is 0 Å². The van der Waals surface area contributed by atoms with Crippen LogP contribution in [-0.4, -0.2) is 48.2 Å². The first kappa shape index (κ1) is 18.0. The van der Waals surface area contributed by atoms with Gasteiger partial charge in [0.15, 0.2) is 0 Å². The predicted octanol–water partition coefficient (Wildman–Crippen LogP) is 3.03. The Morgan fingerprint density at radius 2 is 2.24 bits per heavy atom. The van der Waals surface area contributed by atoms with Gasteiger partial charge in [0.1, 0.15) is 6.26 Å². The number of rotatable bonds is 7. The van der Waals surface area contributed by atoms with E-state index in [1.54, 1.807) is 18.0 Å². The van der Waals surface area contributed by atoms with Gasteiger partial charge in [0.05, 0.1) is 11.4 Å². The van der Waals surface area contributed by atoms with Crippen molar-refractivity contribution >= 4 is 17.7 Å². The maximum atomic E-state index is 12.4. The van der Waals surface area contributed by atoms with Gasteiger partial charge in [-0.1, -0.05) is 18.2 Å². The van der Waals surface area contributed by atoms with Gasteiger partial charge in [0, 0.05) is 24.4 Å². The van der Waals surface area contributed by atoms with Crippen molar-refractivity contribution in [1.29, 1.82) is 0 Å². The van der Waals surface area contributed by atoms with E-state index in [1.165, 1.54) is 6.42 Å². The highest BCUT2D eigenvalue weighted by Gasteiger charge is 2.23. The summed E-state index contributed by atoms with van der Waals surface area (Å²) in [5.74, 6) is 2.64. The maximum Gasteiger partial charge on any atom is 0.232 e. The van der Waals surface area contributed by atoms with Gasteiger partial charge in [-0.2, -0.15) is 0 Å². The quantitative estimate of drug-likeness (QED) is 0.823. The van der Waals surface area contributed by atoms with E-state index in [0.29, 0.717) is 23.3 Å². The van der Waals surface area contributed by atoms with Crippen LogP contribution in [0.3, 0.4) is 0 Å². The fourth-order valence-electron chi connectivity index (χ4n) is 3.17. The van der Waals surface area contributed by atoms with Gasteiger partial charge < -0.3 is 14.6 Å². The van der Waals surface area contributed by atoms with Gasteiger partial charge in [0.25, 0.3) is 0 Å². The van der Waals surface area contributed by atoms with Gasteiger partial charge in [-0.3, -0.25) is 4.79 Å². The number of amides is 1. The van der Waals surface area contributed by atoms with Crippen LogP contribution in [0.15, 0.2) is 41.0 Å². The van der Waals surface area contributed by atoms with Gasteiger partial charge in [-0.25, -0.2) is 4.98 Å². The topological polar surface area (TPSA) is 58.4 Å². The molecule has 1 amide bonds. The Hall–Kier alpha value is -1.79. The van der Waals surface area contributed by atoms with Crippen LogP contribution < -0.4 is 5.32 Å². The lowest BCUT2D eigenvalue weighted by Gasteiger charge is -2.32. The SMILES string of the molecule is CNCC1CCCN(C(=O)CSCc2coc(-c3ccccc3)n2)C1. The smallest absolute Gasteiger partial charge is 0.232 e. The molecule has 134 valence electrons. The molecule has 1 atom stereocenters. The number of hydrogen-bond acceptors (Lipinski definition) is 5. The molecule has 1 fully saturated rings.